The van der Waals surface area contributed by atoms with E-state index in [1.54, 1.807) is 0 Å². The second-order valence-corrected chi connectivity index (χ2v) is 66.5. The van der Waals surface area contributed by atoms with E-state index in [-0.39, 0.29) is 5.75 Å². The zero-order chi connectivity index (χ0) is 59.6. The van der Waals surface area contributed by atoms with Gasteiger partial charge in [0.2, 0.25) is 0 Å². The van der Waals surface area contributed by atoms with Crippen molar-refractivity contribution in [3.8, 4) is 11.5 Å². The lowest BCUT2D eigenvalue weighted by Crippen LogP contribution is -2.59. The van der Waals surface area contributed by atoms with Crippen molar-refractivity contribution in [1.29, 1.82) is 0 Å². The van der Waals surface area contributed by atoms with Crippen molar-refractivity contribution in [3.63, 3.8) is 0 Å². The van der Waals surface area contributed by atoms with Crippen LogP contribution in [0.2, 0.25) is 154 Å². The van der Waals surface area contributed by atoms with E-state index in [0.717, 1.165) is 103 Å². The van der Waals surface area contributed by atoms with Gasteiger partial charge in [-0.1, -0.05) is 111 Å². The molecule has 0 fully saturated rings. The van der Waals surface area contributed by atoms with Gasteiger partial charge in [0.25, 0.3) is 0 Å². The van der Waals surface area contributed by atoms with E-state index < -0.39 is 90.1 Å². The molecule has 442 valence electrons. The van der Waals surface area contributed by atoms with E-state index in [1.807, 2.05) is 18.2 Å². The van der Waals surface area contributed by atoms with Crippen LogP contribution < -0.4 is 0 Å². The van der Waals surface area contributed by atoms with E-state index in [4.69, 9.17) is 32.9 Å². The van der Waals surface area contributed by atoms with Gasteiger partial charge in [0, 0.05) is 20.9 Å². The summed E-state index contributed by atoms with van der Waals surface area (Å²) >= 11 is 0. The quantitative estimate of drug-likeness (QED) is 0.0630. The largest absolute Gasteiger partial charge is 0.508 e. The van der Waals surface area contributed by atoms with Crippen LogP contribution in [0.4, 0.5) is 0 Å². The van der Waals surface area contributed by atoms with Crippen LogP contribution in [0.5, 0.6) is 11.5 Å². The van der Waals surface area contributed by atoms with Crippen molar-refractivity contribution in [1.82, 2.24) is 0 Å². The summed E-state index contributed by atoms with van der Waals surface area (Å²) in [6.07, 6.45) is 12.4. The minimum atomic E-state index is -2.87. The molecule has 0 aliphatic heterocycles. The second kappa shape index (κ2) is 31.8. The van der Waals surface area contributed by atoms with Crippen LogP contribution in [0.1, 0.15) is 128 Å². The van der Waals surface area contributed by atoms with Crippen molar-refractivity contribution in [2.45, 2.75) is 278 Å². The molecule has 0 saturated heterocycles. The Balaban J connectivity index is 0.0000146. The Morgan fingerprint density at radius 3 is 1.01 bits per heavy atom. The van der Waals surface area contributed by atoms with Gasteiger partial charge < -0.3 is 43.1 Å². The van der Waals surface area contributed by atoms with Gasteiger partial charge in [-0.2, -0.15) is 0 Å². The highest BCUT2D eigenvalue weighted by Gasteiger charge is 2.50. The van der Waals surface area contributed by atoms with Gasteiger partial charge in [-0.3, -0.25) is 0 Å². The molecule has 2 aromatic rings. The third-order valence-electron chi connectivity index (χ3n) is 14.2. The first-order chi connectivity index (χ1) is 35.1. The molecule has 22 heteroatoms. The van der Waals surface area contributed by atoms with E-state index in [9.17, 15) is 10.2 Å². The number of unbranched alkanes of at least 4 members (excludes halogenated alkanes) is 4. The zero-order valence-electron chi connectivity index (χ0n) is 54.0. The molecule has 0 aromatic heterocycles. The van der Waals surface area contributed by atoms with Crippen molar-refractivity contribution in [2.24, 2.45) is 0 Å². The van der Waals surface area contributed by atoms with E-state index in [2.05, 4.69) is 193 Å². The molecule has 0 heterocycles. The molecule has 77 heavy (non-hydrogen) atoms. The minimum absolute atomic E-state index is 0.259. The fourth-order valence-corrected chi connectivity index (χ4v) is 62.5. The SMILES string of the molecule is CCCC[Si](C)(C)O[Si](C)(C)O[Si](C)(CCCc1cc(C(C)(C)c2ccc(O)cc2CCC[Si](C)(O[Si](C)(C)O[Si](C)(C)CCCC)O[Si](C)(C)O[Si](C)(C)CCCC)ccc1O)O[Si](C)(C)O[Si](C)(C)CCCC.[B][B]. The third-order valence-corrected chi connectivity index (χ3v) is 54.4. The Morgan fingerprint density at radius 2 is 0.701 bits per heavy atom. The molecule has 2 aromatic carbocycles. The van der Waals surface area contributed by atoms with Crippen molar-refractivity contribution < 1.29 is 43.1 Å². The summed E-state index contributed by atoms with van der Waals surface area (Å²) in [6.45, 7) is 54.4. The topological polar surface area (TPSA) is 114 Å². The Hall–Kier alpha value is 0.0187. The maximum atomic E-state index is 11.5. The summed E-state index contributed by atoms with van der Waals surface area (Å²) in [5, 5.41) is 22.5. The molecule has 2 rings (SSSR count). The summed E-state index contributed by atoms with van der Waals surface area (Å²) in [5.41, 5.74) is 3.85. The molecule has 2 N–H and O–H groups in total. The van der Waals surface area contributed by atoms with Crippen LogP contribution >= 0.6 is 0 Å². The molecule has 0 atom stereocenters. The fraction of sp³-hybridized carbons (Fsp3) is 0.782. The molecule has 0 aliphatic carbocycles. The van der Waals surface area contributed by atoms with Gasteiger partial charge in [0.05, 0.1) is 0 Å². The van der Waals surface area contributed by atoms with Crippen LogP contribution in [0.25, 0.3) is 0 Å². The van der Waals surface area contributed by atoms with E-state index in [1.165, 1.54) is 25.7 Å². The number of aromatic hydroxyl groups is 2. The van der Waals surface area contributed by atoms with E-state index in [0.29, 0.717) is 12.2 Å². The van der Waals surface area contributed by atoms with Gasteiger partial charge in [-0.15, -0.1) is 0 Å². The first-order valence-electron chi connectivity index (χ1n) is 29.7. The summed E-state index contributed by atoms with van der Waals surface area (Å²) in [7, 11) is -15.9. The molecule has 0 aliphatic rings. The van der Waals surface area contributed by atoms with Crippen LogP contribution in [-0.2, 0) is 51.2 Å². The normalized spacial score (nSPS) is 14.0. The highest BCUT2D eigenvalue weighted by Crippen LogP contribution is 2.40. The fourth-order valence-electron chi connectivity index (χ4n) is 11.6. The average Bonchev–Trinajstić information content (AvgIpc) is 3.24. The molecule has 0 amide bonds. The lowest BCUT2D eigenvalue weighted by atomic mass is 9.75. The number of phenolic OH excluding ortho intramolecular Hbond substituents is 2. The van der Waals surface area contributed by atoms with Crippen LogP contribution in [0, 0.1) is 0 Å². The Kier molecular flexibility index (Phi) is 31.0. The summed E-state index contributed by atoms with van der Waals surface area (Å²) < 4.78 is 57.5. The first-order valence-corrected chi connectivity index (χ1v) is 58.5. The lowest BCUT2D eigenvalue weighted by Gasteiger charge is -2.44. The van der Waals surface area contributed by atoms with Crippen LogP contribution in [-0.4, -0.2) is 110 Å². The standard InChI is InChI=1S/C55H116O10Si10.B2/c1-25-29-41-66(7,8)58-70(15,16)62-74(23,63-71(17,18)59-67(9,10)42-30-26-2)45-33-35-49-48-52(56)38-39-53(49)55(5,6)51-37-40-54(57)50(47-51)36-34-46-75(24,64-72(19,20)60-68(11,12)43-31-27-3)65-73(21,22)61-69(13,14)44-32-28-4;1-2/h37-40,47-48,56-57H,25-36,41-46H2,1-24H3;. The molecule has 0 bridgehead atoms. The highest BCUT2D eigenvalue weighted by atomic mass is 28.5. The smallest absolute Gasteiger partial charge is 0.317 e. The Labute approximate surface area is 488 Å². The van der Waals surface area contributed by atoms with Crippen molar-refractivity contribution >= 4 is 100 Å². The maximum Gasteiger partial charge on any atom is 0.317 e. The number of hydrogen-bond donors (Lipinski definition) is 2. The predicted molar refractivity (Wildman–Crippen MR) is 357 cm³/mol. The molecular formula is C55H116B2O10Si10. The van der Waals surface area contributed by atoms with Gasteiger partial charge in [0.1, 0.15) is 11.5 Å². The summed E-state index contributed by atoms with van der Waals surface area (Å²) in [6, 6.07) is 18.0. The number of benzene rings is 2. The van der Waals surface area contributed by atoms with Gasteiger partial charge in [0.15, 0.2) is 33.3 Å². The molecule has 0 unspecified atom stereocenters. The van der Waals surface area contributed by atoms with E-state index >= 15 is 0 Å². The van der Waals surface area contributed by atoms with Crippen molar-refractivity contribution in [2.75, 3.05) is 0 Å². The molecule has 0 spiro atoms. The Morgan fingerprint density at radius 1 is 0.390 bits per heavy atom. The number of hydrogen-bond acceptors (Lipinski definition) is 10. The molecular weight excluding hydrogens is 1120 g/mol. The molecule has 10 nitrogen and oxygen atoms in total. The number of aryl methyl sites for hydroxylation is 2. The molecule has 0 saturated carbocycles. The Bertz CT molecular complexity index is 1970. The van der Waals surface area contributed by atoms with Crippen molar-refractivity contribution in [3.05, 3.63) is 58.7 Å². The lowest BCUT2D eigenvalue weighted by molar-refractivity contribution is 0.287. The predicted octanol–water partition coefficient (Wildman–Crippen LogP) is 17.6. The first kappa shape index (κ1) is 75.0. The minimum Gasteiger partial charge on any atom is -0.508 e. The number of rotatable bonds is 38. The molecule has 4 radical (unpaired) electrons. The van der Waals surface area contributed by atoms with Gasteiger partial charge in [-0.25, -0.2) is 0 Å². The van der Waals surface area contributed by atoms with Gasteiger partial charge in [-0.05, 0) is 220 Å². The highest BCUT2D eigenvalue weighted by molar-refractivity contribution is 6.92. The summed E-state index contributed by atoms with van der Waals surface area (Å²) in [5.74, 6) is 0.562. The van der Waals surface area contributed by atoms with Crippen LogP contribution in [0.3, 0.4) is 0 Å². The van der Waals surface area contributed by atoms with Crippen LogP contribution in [0.15, 0.2) is 36.4 Å². The monoisotopic (exact) mass is 1240 g/mol. The zero-order valence-corrected chi connectivity index (χ0v) is 64.0. The second-order valence-electron chi connectivity index (χ2n) is 27.2. The maximum absolute atomic E-state index is 11.5. The van der Waals surface area contributed by atoms with Gasteiger partial charge >= 0.3 is 51.4 Å². The summed E-state index contributed by atoms with van der Waals surface area (Å²) in [4.78, 5) is 0. The number of phenols is 2. The average molecular weight is 1240 g/mol. The third kappa shape index (κ3) is 28.9.